The fourth-order valence-corrected chi connectivity index (χ4v) is 3.16. The molecule has 0 amide bonds. The molecular weight excluding hydrogens is 413 g/mol. The molecule has 0 aliphatic carbocycles. The van der Waals surface area contributed by atoms with Crippen molar-refractivity contribution < 1.29 is 44.6 Å². The Balaban J connectivity index is 2.65. The molecule has 0 fully saturated rings. The number of aliphatic hydroxyl groups excluding tert-OH is 1. The van der Waals surface area contributed by atoms with E-state index in [2.05, 4.69) is 4.98 Å². The van der Waals surface area contributed by atoms with E-state index in [1.807, 2.05) is 0 Å². The summed E-state index contributed by atoms with van der Waals surface area (Å²) in [6.07, 6.45) is -15.6. The standard InChI is InChI=1S/C15H10F9NOS/c16-13(17,18)8-4-7(5-9(6-8)14(19,20)21)12-25-10(2-1-3-26)11(27-12)15(22,23)24/h4-6,26H,1-3H2. The molecule has 0 aliphatic heterocycles. The highest BCUT2D eigenvalue weighted by molar-refractivity contribution is 7.15. The van der Waals surface area contributed by atoms with Crippen molar-refractivity contribution in [2.75, 3.05) is 6.61 Å². The summed E-state index contributed by atoms with van der Waals surface area (Å²) in [6.45, 7) is -0.452. The number of aryl methyl sites for hydroxylation is 1. The van der Waals surface area contributed by atoms with Gasteiger partial charge in [-0.3, -0.25) is 0 Å². The zero-order valence-corrected chi connectivity index (χ0v) is 13.9. The van der Waals surface area contributed by atoms with Crippen LogP contribution in [0.3, 0.4) is 0 Å². The lowest BCUT2D eigenvalue weighted by atomic mass is 10.0. The van der Waals surface area contributed by atoms with Crippen molar-refractivity contribution in [3.8, 4) is 10.6 Å². The number of hydrogen-bond acceptors (Lipinski definition) is 3. The number of thiazole rings is 1. The van der Waals surface area contributed by atoms with Crippen molar-refractivity contribution in [3.05, 3.63) is 39.9 Å². The van der Waals surface area contributed by atoms with Crippen LogP contribution in [0.5, 0.6) is 0 Å². The van der Waals surface area contributed by atoms with Crippen LogP contribution < -0.4 is 0 Å². The monoisotopic (exact) mass is 423 g/mol. The Morgan fingerprint density at radius 2 is 1.33 bits per heavy atom. The molecule has 2 rings (SSSR count). The number of halogens is 9. The van der Waals surface area contributed by atoms with Crippen molar-refractivity contribution >= 4 is 11.3 Å². The number of alkyl halides is 9. The predicted molar refractivity (Wildman–Crippen MR) is 78.0 cm³/mol. The Kier molecular flexibility index (Phi) is 5.81. The van der Waals surface area contributed by atoms with Crippen molar-refractivity contribution in [1.82, 2.24) is 4.98 Å². The van der Waals surface area contributed by atoms with Crippen LogP contribution in [0.2, 0.25) is 0 Å². The van der Waals surface area contributed by atoms with Gasteiger partial charge in [-0.25, -0.2) is 4.98 Å². The van der Waals surface area contributed by atoms with Gasteiger partial charge in [0.25, 0.3) is 0 Å². The topological polar surface area (TPSA) is 33.1 Å². The molecule has 0 bridgehead atoms. The Morgan fingerprint density at radius 1 is 0.815 bits per heavy atom. The van der Waals surface area contributed by atoms with Crippen LogP contribution >= 0.6 is 11.3 Å². The van der Waals surface area contributed by atoms with E-state index in [0.29, 0.717) is 12.1 Å². The quantitative estimate of drug-likeness (QED) is 0.632. The zero-order chi connectivity index (χ0) is 20.6. The van der Waals surface area contributed by atoms with Crippen LogP contribution in [-0.4, -0.2) is 16.7 Å². The Morgan fingerprint density at radius 3 is 1.74 bits per heavy atom. The van der Waals surface area contributed by atoms with E-state index >= 15 is 0 Å². The molecule has 27 heavy (non-hydrogen) atoms. The highest BCUT2D eigenvalue weighted by Crippen LogP contribution is 2.43. The maximum Gasteiger partial charge on any atom is 0.427 e. The Labute approximate surface area is 150 Å². The van der Waals surface area contributed by atoms with E-state index in [4.69, 9.17) is 5.11 Å². The molecule has 1 N–H and O–H groups in total. The lowest BCUT2D eigenvalue weighted by Gasteiger charge is -2.13. The second kappa shape index (κ2) is 7.30. The van der Waals surface area contributed by atoms with Crippen LogP contribution in [0.25, 0.3) is 10.6 Å². The minimum atomic E-state index is -5.13. The van der Waals surface area contributed by atoms with Crippen molar-refractivity contribution in [1.29, 1.82) is 0 Å². The fraction of sp³-hybridized carbons (Fsp3) is 0.400. The lowest BCUT2D eigenvalue weighted by molar-refractivity contribution is -0.143. The number of aliphatic hydroxyl groups is 1. The molecule has 0 atom stereocenters. The molecule has 150 valence electrons. The van der Waals surface area contributed by atoms with Gasteiger partial charge >= 0.3 is 18.5 Å². The number of rotatable bonds is 4. The van der Waals surface area contributed by atoms with E-state index in [1.54, 1.807) is 0 Å². The predicted octanol–water partition coefficient (Wildman–Crippen LogP) is 5.79. The molecule has 0 aliphatic rings. The smallest absolute Gasteiger partial charge is 0.396 e. The minimum absolute atomic E-state index is 0.0438. The normalized spacial score (nSPS) is 13.3. The third-order valence-electron chi connectivity index (χ3n) is 3.36. The van der Waals surface area contributed by atoms with Gasteiger partial charge in [0.2, 0.25) is 0 Å². The fourth-order valence-electron chi connectivity index (χ4n) is 2.19. The van der Waals surface area contributed by atoms with Gasteiger partial charge in [-0.15, -0.1) is 11.3 Å². The average Bonchev–Trinajstić information content (AvgIpc) is 2.95. The van der Waals surface area contributed by atoms with Crippen LogP contribution in [0.1, 0.15) is 28.1 Å². The number of benzene rings is 1. The molecule has 0 saturated heterocycles. The molecule has 2 nitrogen and oxygen atoms in total. The summed E-state index contributed by atoms with van der Waals surface area (Å²) in [6, 6.07) is 0.530. The summed E-state index contributed by atoms with van der Waals surface area (Å²) in [5.74, 6) is 0. The highest BCUT2D eigenvalue weighted by atomic mass is 32.1. The zero-order valence-electron chi connectivity index (χ0n) is 13.1. The minimum Gasteiger partial charge on any atom is -0.396 e. The van der Waals surface area contributed by atoms with Gasteiger partial charge in [0, 0.05) is 12.2 Å². The van der Waals surface area contributed by atoms with Gasteiger partial charge in [0.05, 0.1) is 16.8 Å². The molecule has 1 aromatic carbocycles. The van der Waals surface area contributed by atoms with Gasteiger partial charge in [-0.05, 0) is 31.0 Å². The summed E-state index contributed by atoms with van der Waals surface area (Å²) in [7, 11) is 0. The van der Waals surface area contributed by atoms with Crippen LogP contribution in [0.15, 0.2) is 18.2 Å². The largest absolute Gasteiger partial charge is 0.427 e. The molecule has 0 saturated carbocycles. The second-order valence-electron chi connectivity index (χ2n) is 5.41. The first kappa shape index (κ1) is 21.5. The van der Waals surface area contributed by atoms with E-state index in [1.165, 1.54) is 0 Å². The lowest BCUT2D eigenvalue weighted by Crippen LogP contribution is -2.11. The maximum absolute atomic E-state index is 13.1. The van der Waals surface area contributed by atoms with Gasteiger partial charge in [0.1, 0.15) is 9.88 Å². The third kappa shape index (κ3) is 5.12. The Hall–Kier alpha value is -1.82. The van der Waals surface area contributed by atoms with Gasteiger partial charge in [-0.2, -0.15) is 39.5 Å². The van der Waals surface area contributed by atoms with Gasteiger partial charge < -0.3 is 5.11 Å². The van der Waals surface area contributed by atoms with E-state index < -0.39 is 57.4 Å². The first-order valence-electron chi connectivity index (χ1n) is 7.21. The van der Waals surface area contributed by atoms with Crippen LogP contribution in [0, 0.1) is 0 Å². The van der Waals surface area contributed by atoms with Crippen molar-refractivity contribution in [2.45, 2.75) is 31.4 Å². The van der Waals surface area contributed by atoms with Crippen LogP contribution in [-0.2, 0) is 24.9 Å². The van der Waals surface area contributed by atoms with E-state index in [-0.39, 0.29) is 30.2 Å². The number of hydrogen-bond donors (Lipinski definition) is 1. The number of aromatic nitrogens is 1. The van der Waals surface area contributed by atoms with Crippen molar-refractivity contribution in [2.24, 2.45) is 0 Å². The molecular formula is C15H10F9NOS. The number of nitrogens with zero attached hydrogens (tertiary/aromatic N) is 1. The summed E-state index contributed by atoms with van der Waals surface area (Å²) in [5.41, 5.74) is -4.55. The summed E-state index contributed by atoms with van der Waals surface area (Å²) in [5, 5.41) is 8.12. The molecule has 1 heterocycles. The molecule has 12 heteroatoms. The second-order valence-corrected chi connectivity index (χ2v) is 6.41. The molecule has 0 spiro atoms. The third-order valence-corrected chi connectivity index (χ3v) is 4.55. The Bertz CT molecular complexity index is 773. The average molecular weight is 423 g/mol. The van der Waals surface area contributed by atoms with Gasteiger partial charge in [0.15, 0.2) is 0 Å². The van der Waals surface area contributed by atoms with Gasteiger partial charge in [-0.1, -0.05) is 0 Å². The molecule has 2 aromatic rings. The first-order valence-corrected chi connectivity index (χ1v) is 8.02. The highest BCUT2D eigenvalue weighted by Gasteiger charge is 2.39. The molecule has 0 radical (unpaired) electrons. The summed E-state index contributed by atoms with van der Waals surface area (Å²) >= 11 is -0.0438. The van der Waals surface area contributed by atoms with Crippen LogP contribution in [0.4, 0.5) is 39.5 Å². The first-order chi connectivity index (χ1) is 12.2. The SMILES string of the molecule is OCCCc1nc(-c2cc(C(F)(F)F)cc(C(F)(F)F)c2)sc1C(F)(F)F. The maximum atomic E-state index is 13.1. The van der Waals surface area contributed by atoms with E-state index in [9.17, 15) is 39.5 Å². The summed E-state index contributed by atoms with van der Waals surface area (Å²) in [4.78, 5) is 2.36. The van der Waals surface area contributed by atoms with E-state index in [0.717, 1.165) is 0 Å². The van der Waals surface area contributed by atoms with Crippen molar-refractivity contribution in [3.63, 3.8) is 0 Å². The molecule has 1 aromatic heterocycles. The summed E-state index contributed by atoms with van der Waals surface area (Å²) < 4.78 is 117. The molecule has 0 unspecified atom stereocenters.